The van der Waals surface area contributed by atoms with E-state index >= 15 is 0 Å². The minimum absolute atomic E-state index is 0.0636. The molecule has 0 spiro atoms. The van der Waals surface area contributed by atoms with Crippen LogP contribution in [0.1, 0.15) is 27.2 Å². The molecule has 0 atom stereocenters. The highest BCUT2D eigenvalue weighted by Gasteiger charge is 2.13. The molecule has 0 radical (unpaired) electrons. The SMILES string of the molecule is C=CCn1cccc1C(=O)c1cc(C)cc(C)c1. The molecule has 0 aliphatic rings. The number of benzene rings is 1. The Morgan fingerprint density at radius 3 is 2.56 bits per heavy atom. The van der Waals surface area contributed by atoms with Gasteiger partial charge >= 0.3 is 0 Å². The molecule has 0 aliphatic carbocycles. The second kappa shape index (κ2) is 5.05. The summed E-state index contributed by atoms with van der Waals surface area (Å²) < 4.78 is 1.91. The van der Waals surface area contributed by atoms with E-state index in [-0.39, 0.29) is 5.78 Å². The Labute approximate surface area is 108 Å². The van der Waals surface area contributed by atoms with Gasteiger partial charge in [-0.05, 0) is 38.1 Å². The van der Waals surface area contributed by atoms with Crippen LogP contribution in [-0.4, -0.2) is 10.4 Å². The van der Waals surface area contributed by atoms with E-state index in [9.17, 15) is 4.79 Å². The summed E-state index contributed by atoms with van der Waals surface area (Å²) in [6, 6.07) is 9.67. The van der Waals surface area contributed by atoms with Crippen LogP contribution < -0.4 is 0 Å². The van der Waals surface area contributed by atoms with E-state index in [1.54, 1.807) is 6.08 Å². The summed E-state index contributed by atoms with van der Waals surface area (Å²) in [6.07, 6.45) is 3.69. The van der Waals surface area contributed by atoms with E-state index in [1.165, 1.54) is 0 Å². The van der Waals surface area contributed by atoms with Gasteiger partial charge in [-0.25, -0.2) is 0 Å². The minimum Gasteiger partial charge on any atom is -0.341 e. The van der Waals surface area contributed by atoms with Gasteiger partial charge in [0.1, 0.15) is 0 Å². The van der Waals surface area contributed by atoms with Crippen LogP contribution in [0.25, 0.3) is 0 Å². The van der Waals surface area contributed by atoms with Crippen LogP contribution in [0, 0.1) is 13.8 Å². The maximum atomic E-state index is 12.5. The zero-order chi connectivity index (χ0) is 13.1. The smallest absolute Gasteiger partial charge is 0.209 e. The fraction of sp³-hybridized carbons (Fsp3) is 0.188. The molecular formula is C16H17NO. The van der Waals surface area contributed by atoms with E-state index in [0.717, 1.165) is 16.7 Å². The fourth-order valence-corrected chi connectivity index (χ4v) is 2.17. The average Bonchev–Trinajstić information content (AvgIpc) is 2.75. The topological polar surface area (TPSA) is 22.0 Å². The lowest BCUT2D eigenvalue weighted by atomic mass is 10.0. The Morgan fingerprint density at radius 1 is 1.28 bits per heavy atom. The van der Waals surface area contributed by atoms with E-state index in [2.05, 4.69) is 12.6 Å². The van der Waals surface area contributed by atoms with Crippen molar-refractivity contribution in [3.8, 4) is 0 Å². The molecule has 92 valence electrons. The van der Waals surface area contributed by atoms with Crippen molar-refractivity contribution in [2.45, 2.75) is 20.4 Å². The van der Waals surface area contributed by atoms with Gasteiger partial charge in [0, 0.05) is 18.3 Å². The summed E-state index contributed by atoms with van der Waals surface area (Å²) in [4.78, 5) is 12.5. The van der Waals surface area contributed by atoms with Crippen LogP contribution in [0.5, 0.6) is 0 Å². The van der Waals surface area contributed by atoms with Gasteiger partial charge in [-0.2, -0.15) is 0 Å². The predicted molar refractivity (Wildman–Crippen MR) is 74.0 cm³/mol. The first-order chi connectivity index (χ1) is 8.61. The molecule has 1 aromatic heterocycles. The number of ketones is 1. The summed E-state index contributed by atoms with van der Waals surface area (Å²) in [5.41, 5.74) is 3.68. The van der Waals surface area contributed by atoms with Crippen LogP contribution in [-0.2, 0) is 6.54 Å². The van der Waals surface area contributed by atoms with Gasteiger partial charge in [-0.3, -0.25) is 4.79 Å². The van der Waals surface area contributed by atoms with Gasteiger partial charge in [-0.1, -0.05) is 23.3 Å². The molecule has 0 saturated carbocycles. The first-order valence-electron chi connectivity index (χ1n) is 6.01. The van der Waals surface area contributed by atoms with Crippen LogP contribution in [0.3, 0.4) is 0 Å². The largest absolute Gasteiger partial charge is 0.341 e. The third-order valence-electron chi connectivity index (χ3n) is 2.87. The molecular weight excluding hydrogens is 222 g/mol. The van der Waals surface area contributed by atoms with Crippen LogP contribution in [0.4, 0.5) is 0 Å². The first-order valence-corrected chi connectivity index (χ1v) is 6.01. The Kier molecular flexibility index (Phi) is 3.47. The standard InChI is InChI=1S/C16H17NO/c1-4-7-17-8-5-6-15(17)16(18)14-10-12(2)9-13(3)11-14/h4-6,8-11H,1,7H2,2-3H3. The molecule has 2 heteroatoms. The lowest BCUT2D eigenvalue weighted by Gasteiger charge is -2.07. The van der Waals surface area contributed by atoms with Crippen molar-refractivity contribution >= 4 is 5.78 Å². The maximum absolute atomic E-state index is 12.5. The van der Waals surface area contributed by atoms with Gasteiger partial charge in [-0.15, -0.1) is 6.58 Å². The highest BCUT2D eigenvalue weighted by molar-refractivity contribution is 6.08. The number of hydrogen-bond acceptors (Lipinski definition) is 1. The van der Waals surface area contributed by atoms with Gasteiger partial charge in [0.15, 0.2) is 0 Å². The molecule has 0 saturated heterocycles. The second-order valence-corrected chi connectivity index (χ2v) is 4.54. The molecule has 1 heterocycles. The molecule has 0 amide bonds. The van der Waals surface area contributed by atoms with Crippen LogP contribution >= 0.6 is 0 Å². The molecule has 0 fully saturated rings. The Balaban J connectivity index is 2.41. The highest BCUT2D eigenvalue weighted by Crippen LogP contribution is 2.15. The maximum Gasteiger partial charge on any atom is 0.209 e. The van der Waals surface area contributed by atoms with Crippen molar-refractivity contribution in [1.82, 2.24) is 4.57 Å². The van der Waals surface area contributed by atoms with Crippen molar-refractivity contribution in [2.75, 3.05) is 0 Å². The van der Waals surface area contributed by atoms with Gasteiger partial charge in [0.2, 0.25) is 5.78 Å². The molecule has 18 heavy (non-hydrogen) atoms. The summed E-state index contributed by atoms with van der Waals surface area (Å²) in [5, 5.41) is 0. The number of carbonyl (C=O) groups is 1. The van der Waals surface area contributed by atoms with E-state index in [1.807, 2.05) is 48.9 Å². The fourth-order valence-electron chi connectivity index (χ4n) is 2.17. The monoisotopic (exact) mass is 239 g/mol. The Bertz CT molecular complexity index is 573. The number of aromatic nitrogens is 1. The summed E-state index contributed by atoms with van der Waals surface area (Å²) in [6.45, 7) is 8.37. The van der Waals surface area contributed by atoms with Crippen molar-refractivity contribution in [2.24, 2.45) is 0 Å². The lowest BCUT2D eigenvalue weighted by molar-refractivity contribution is 0.103. The third kappa shape index (κ3) is 2.43. The van der Waals surface area contributed by atoms with Gasteiger partial charge in [0.25, 0.3) is 0 Å². The molecule has 2 nitrogen and oxygen atoms in total. The van der Waals surface area contributed by atoms with E-state index < -0.39 is 0 Å². The molecule has 0 aliphatic heterocycles. The molecule has 0 bridgehead atoms. The molecule has 2 rings (SSSR count). The molecule has 2 aromatic rings. The first kappa shape index (κ1) is 12.4. The van der Waals surface area contributed by atoms with Crippen molar-refractivity contribution < 1.29 is 4.79 Å². The predicted octanol–water partition coefficient (Wildman–Crippen LogP) is 3.52. The Hall–Kier alpha value is -2.09. The lowest BCUT2D eigenvalue weighted by Crippen LogP contribution is -2.09. The number of rotatable bonds is 4. The van der Waals surface area contributed by atoms with E-state index in [0.29, 0.717) is 12.2 Å². The van der Waals surface area contributed by atoms with Crippen LogP contribution in [0.15, 0.2) is 49.2 Å². The van der Waals surface area contributed by atoms with Crippen molar-refractivity contribution in [1.29, 1.82) is 0 Å². The summed E-state index contributed by atoms with van der Waals surface area (Å²) in [5.74, 6) is 0.0636. The summed E-state index contributed by atoms with van der Waals surface area (Å²) >= 11 is 0. The quantitative estimate of drug-likeness (QED) is 0.591. The van der Waals surface area contributed by atoms with Gasteiger partial charge in [0.05, 0.1) is 5.69 Å². The molecule has 0 unspecified atom stereocenters. The van der Waals surface area contributed by atoms with Crippen molar-refractivity contribution in [3.05, 3.63) is 71.6 Å². The van der Waals surface area contributed by atoms with Gasteiger partial charge < -0.3 is 4.57 Å². The zero-order valence-electron chi connectivity index (χ0n) is 10.8. The number of carbonyl (C=O) groups excluding carboxylic acids is 1. The van der Waals surface area contributed by atoms with Crippen molar-refractivity contribution in [3.63, 3.8) is 0 Å². The second-order valence-electron chi connectivity index (χ2n) is 4.54. The Morgan fingerprint density at radius 2 is 1.94 bits per heavy atom. The molecule has 0 N–H and O–H groups in total. The number of allylic oxidation sites excluding steroid dienone is 1. The number of nitrogens with zero attached hydrogens (tertiary/aromatic N) is 1. The third-order valence-corrected chi connectivity index (χ3v) is 2.87. The number of hydrogen-bond donors (Lipinski definition) is 0. The molecule has 1 aromatic carbocycles. The van der Waals surface area contributed by atoms with Crippen LogP contribution in [0.2, 0.25) is 0 Å². The summed E-state index contributed by atoms with van der Waals surface area (Å²) in [7, 11) is 0. The minimum atomic E-state index is 0.0636. The van der Waals surface area contributed by atoms with E-state index in [4.69, 9.17) is 0 Å². The average molecular weight is 239 g/mol. The number of aryl methyl sites for hydroxylation is 2. The normalized spacial score (nSPS) is 10.3. The highest BCUT2D eigenvalue weighted by atomic mass is 16.1. The zero-order valence-corrected chi connectivity index (χ0v) is 10.8.